The van der Waals surface area contributed by atoms with E-state index in [2.05, 4.69) is 46.6 Å². The monoisotopic (exact) mass is 598 g/mol. The Balaban J connectivity index is 1.04. The van der Waals surface area contributed by atoms with Crippen molar-refractivity contribution in [3.05, 3.63) is 47.0 Å². The average Bonchev–Trinajstić information content (AvgIpc) is 3.37. The Morgan fingerprint density at radius 1 is 0.932 bits per heavy atom. The molecule has 0 heterocycles. The molecule has 2 heteroatoms. The van der Waals surface area contributed by atoms with Gasteiger partial charge in [0.2, 0.25) is 0 Å². The van der Waals surface area contributed by atoms with Crippen LogP contribution in [0.5, 0.6) is 0 Å². The maximum atomic E-state index is 12.3. The van der Waals surface area contributed by atoms with Crippen LogP contribution >= 0.6 is 0 Å². The Labute approximate surface area is 270 Å². The summed E-state index contributed by atoms with van der Waals surface area (Å²) in [6.45, 7) is 13.3. The normalized spacial score (nSPS) is 33.5. The van der Waals surface area contributed by atoms with Crippen LogP contribution in [-0.2, 0) is 4.74 Å². The second-order valence-corrected chi connectivity index (χ2v) is 16.5. The lowest BCUT2D eigenvalue weighted by molar-refractivity contribution is -0.0529. The number of allylic oxidation sites excluding steroid dienone is 2. The molecule has 0 bridgehead atoms. The zero-order valence-corrected chi connectivity index (χ0v) is 28.8. The van der Waals surface area contributed by atoms with Crippen molar-refractivity contribution in [3.8, 4) is 12.3 Å². The van der Waals surface area contributed by atoms with E-state index in [-0.39, 0.29) is 5.97 Å². The number of ether oxygens (including phenoxy) is 1. The summed E-state index contributed by atoms with van der Waals surface area (Å²) in [5.41, 5.74) is 4.26. The largest absolute Gasteiger partial charge is 0.462 e. The first-order chi connectivity index (χ1) is 21.2. The van der Waals surface area contributed by atoms with Gasteiger partial charge in [-0.1, -0.05) is 97.1 Å². The van der Waals surface area contributed by atoms with Gasteiger partial charge in [0.05, 0.1) is 12.2 Å². The summed E-state index contributed by atoms with van der Waals surface area (Å²) in [6, 6.07) is 7.08. The molecule has 0 radical (unpaired) electrons. The first-order valence-electron chi connectivity index (χ1n) is 18.6. The van der Waals surface area contributed by atoms with E-state index < -0.39 is 0 Å². The van der Waals surface area contributed by atoms with E-state index in [4.69, 9.17) is 11.2 Å². The van der Waals surface area contributed by atoms with Crippen molar-refractivity contribution in [2.24, 2.45) is 52.3 Å². The third-order valence-corrected chi connectivity index (χ3v) is 13.4. The fourth-order valence-corrected chi connectivity index (χ4v) is 10.8. The summed E-state index contributed by atoms with van der Waals surface area (Å²) in [4.78, 5) is 12.3. The SMILES string of the molecule is C#Cc1ccc(C(=O)OCCCCCCC2CC[C@@]3(C)C(=CC[C@H]4[C@@H]5CC[C@H]([C@H](C)CCCC(C)C)[C@@]5(C)CC[C@@H]43)C2)cc1. The number of esters is 1. The predicted octanol–water partition coefficient (Wildman–Crippen LogP) is 11.4. The molecular weight excluding hydrogens is 536 g/mol. The Hall–Kier alpha value is -2.01. The fraction of sp³-hybridized carbons (Fsp3) is 0.738. The summed E-state index contributed by atoms with van der Waals surface area (Å²) >= 11 is 0. The summed E-state index contributed by atoms with van der Waals surface area (Å²) in [5, 5.41) is 0. The number of rotatable bonds is 13. The Morgan fingerprint density at radius 2 is 1.70 bits per heavy atom. The molecule has 4 aliphatic rings. The topological polar surface area (TPSA) is 26.3 Å². The highest BCUT2D eigenvalue weighted by Crippen LogP contribution is 2.67. The molecule has 0 aromatic heterocycles. The first kappa shape index (κ1) is 33.4. The van der Waals surface area contributed by atoms with Gasteiger partial charge in [0.1, 0.15) is 0 Å². The van der Waals surface area contributed by atoms with Crippen LogP contribution in [-0.4, -0.2) is 12.6 Å². The minimum atomic E-state index is -0.246. The van der Waals surface area contributed by atoms with Crippen LogP contribution in [0.1, 0.15) is 153 Å². The van der Waals surface area contributed by atoms with Gasteiger partial charge in [-0.3, -0.25) is 0 Å². The minimum absolute atomic E-state index is 0.246. The van der Waals surface area contributed by atoms with Crippen LogP contribution in [0.4, 0.5) is 0 Å². The molecule has 2 nitrogen and oxygen atoms in total. The molecule has 3 saturated carbocycles. The van der Waals surface area contributed by atoms with Crippen molar-refractivity contribution in [3.63, 3.8) is 0 Å². The highest BCUT2D eigenvalue weighted by atomic mass is 16.5. The average molecular weight is 599 g/mol. The van der Waals surface area contributed by atoms with Gasteiger partial charge in [-0.15, -0.1) is 6.42 Å². The molecule has 1 aromatic rings. The maximum Gasteiger partial charge on any atom is 0.338 e. The molecule has 3 fully saturated rings. The minimum Gasteiger partial charge on any atom is -0.462 e. The van der Waals surface area contributed by atoms with E-state index in [0.717, 1.165) is 59.8 Å². The summed E-state index contributed by atoms with van der Waals surface area (Å²) in [5.74, 6) is 8.71. The quantitative estimate of drug-likeness (QED) is 0.0977. The number of terminal acetylenes is 1. The molecule has 0 saturated heterocycles. The van der Waals surface area contributed by atoms with Gasteiger partial charge >= 0.3 is 5.97 Å². The lowest BCUT2D eigenvalue weighted by atomic mass is 9.46. The second-order valence-electron chi connectivity index (χ2n) is 16.5. The molecule has 0 N–H and O–H groups in total. The molecule has 44 heavy (non-hydrogen) atoms. The lowest BCUT2D eigenvalue weighted by Crippen LogP contribution is -2.50. The van der Waals surface area contributed by atoms with Gasteiger partial charge in [0, 0.05) is 5.56 Å². The molecule has 0 amide bonds. The van der Waals surface area contributed by atoms with E-state index in [1.54, 1.807) is 24.3 Å². The molecule has 0 spiro atoms. The molecule has 8 atom stereocenters. The smallest absolute Gasteiger partial charge is 0.338 e. The fourth-order valence-electron chi connectivity index (χ4n) is 10.8. The van der Waals surface area contributed by atoms with E-state index in [1.165, 1.54) is 89.9 Å². The van der Waals surface area contributed by atoms with Gasteiger partial charge < -0.3 is 4.74 Å². The third kappa shape index (κ3) is 7.18. The summed E-state index contributed by atoms with van der Waals surface area (Å²) in [7, 11) is 0. The van der Waals surface area contributed by atoms with E-state index in [1.807, 2.05) is 5.57 Å². The zero-order chi connectivity index (χ0) is 31.3. The number of carbonyl (C=O) groups excluding carboxylic acids is 1. The molecular formula is C42H62O2. The van der Waals surface area contributed by atoms with Crippen molar-refractivity contribution in [1.82, 2.24) is 0 Å². The van der Waals surface area contributed by atoms with Crippen LogP contribution in [0.2, 0.25) is 0 Å². The first-order valence-corrected chi connectivity index (χ1v) is 18.6. The number of carbonyl (C=O) groups is 1. The standard InChI is InChI=1S/C42H62O2/c1-7-32-16-18-34(19-17-32)40(43)44-28-11-9-8-10-15-33-24-26-41(5)35(29-33)20-21-36-38-23-22-37(31(4)14-12-13-30(2)3)42(38,6)27-25-39(36)41/h1,16-20,30-31,33,36-39H,8-15,21-29H2,2-6H3/t31-,33?,36+,37-,38+,39+,41+,42-/m1/s1. The number of fused-ring (bicyclic) bond motifs is 5. The second kappa shape index (κ2) is 14.6. The van der Waals surface area contributed by atoms with Crippen molar-refractivity contribution < 1.29 is 9.53 Å². The van der Waals surface area contributed by atoms with Crippen LogP contribution in [0.15, 0.2) is 35.9 Å². The number of hydrogen-bond acceptors (Lipinski definition) is 2. The maximum absolute atomic E-state index is 12.3. The Bertz CT molecular complexity index is 1170. The van der Waals surface area contributed by atoms with Crippen LogP contribution in [0, 0.1) is 64.6 Å². The van der Waals surface area contributed by atoms with Gasteiger partial charge in [0.15, 0.2) is 0 Å². The molecule has 242 valence electrons. The van der Waals surface area contributed by atoms with Gasteiger partial charge in [-0.05, 0) is 134 Å². The van der Waals surface area contributed by atoms with Crippen LogP contribution in [0.3, 0.4) is 0 Å². The van der Waals surface area contributed by atoms with E-state index in [0.29, 0.717) is 23.0 Å². The van der Waals surface area contributed by atoms with Crippen molar-refractivity contribution in [2.75, 3.05) is 6.61 Å². The number of hydrogen-bond donors (Lipinski definition) is 0. The lowest BCUT2D eigenvalue weighted by Gasteiger charge is -2.58. The third-order valence-electron chi connectivity index (χ3n) is 13.4. The van der Waals surface area contributed by atoms with Crippen molar-refractivity contribution in [2.45, 2.75) is 137 Å². The Kier molecular flexibility index (Phi) is 11.1. The molecule has 1 aromatic carbocycles. The Morgan fingerprint density at radius 3 is 2.45 bits per heavy atom. The van der Waals surface area contributed by atoms with Gasteiger partial charge in [-0.2, -0.15) is 0 Å². The summed E-state index contributed by atoms with van der Waals surface area (Å²) in [6.07, 6.45) is 29.9. The highest BCUT2D eigenvalue weighted by molar-refractivity contribution is 5.89. The van der Waals surface area contributed by atoms with E-state index >= 15 is 0 Å². The highest BCUT2D eigenvalue weighted by Gasteiger charge is 2.59. The van der Waals surface area contributed by atoms with Gasteiger partial charge in [-0.25, -0.2) is 4.79 Å². The van der Waals surface area contributed by atoms with Gasteiger partial charge in [0.25, 0.3) is 0 Å². The molecule has 5 rings (SSSR count). The van der Waals surface area contributed by atoms with Crippen LogP contribution in [0.25, 0.3) is 0 Å². The molecule has 0 aliphatic heterocycles. The van der Waals surface area contributed by atoms with Crippen molar-refractivity contribution >= 4 is 5.97 Å². The van der Waals surface area contributed by atoms with E-state index in [9.17, 15) is 4.79 Å². The van der Waals surface area contributed by atoms with Crippen molar-refractivity contribution in [1.29, 1.82) is 0 Å². The number of unbranched alkanes of at least 4 members (excludes halogenated alkanes) is 3. The predicted molar refractivity (Wildman–Crippen MR) is 184 cm³/mol. The molecule has 1 unspecified atom stereocenters. The zero-order valence-electron chi connectivity index (χ0n) is 28.8. The molecule has 4 aliphatic carbocycles. The number of benzene rings is 1. The summed E-state index contributed by atoms with van der Waals surface area (Å²) < 4.78 is 5.49. The van der Waals surface area contributed by atoms with Crippen LogP contribution < -0.4 is 0 Å².